The highest BCUT2D eigenvalue weighted by molar-refractivity contribution is 5.90. The van der Waals surface area contributed by atoms with Crippen LogP contribution in [0.25, 0.3) is 0 Å². The van der Waals surface area contributed by atoms with Gasteiger partial charge in [-0.3, -0.25) is 0 Å². The van der Waals surface area contributed by atoms with Crippen LogP contribution >= 0.6 is 0 Å². The summed E-state index contributed by atoms with van der Waals surface area (Å²) in [4.78, 5) is 10.8. The lowest BCUT2D eigenvalue weighted by atomic mass is 9.83. The Labute approximate surface area is 321 Å². The number of allylic oxidation sites excluding steroid dienone is 1. The Balaban J connectivity index is 8.24. The molecule has 0 spiro atoms. The fourth-order valence-corrected chi connectivity index (χ4v) is 3.74. The molecule has 43 heteroatoms. The van der Waals surface area contributed by atoms with Crippen molar-refractivity contribution in [1.82, 2.24) is 0 Å². The second kappa shape index (κ2) is 14.9. The lowest BCUT2D eigenvalue weighted by Gasteiger charge is -2.45. The largest absolute Gasteiger partial charge is 0.478 e. The predicted molar refractivity (Wildman–Crippen MR) is 112 cm³/mol. The Bertz CT molecular complexity index is 1820. The molecule has 0 rings (SSSR count). The zero-order valence-corrected chi connectivity index (χ0v) is 27.4. The van der Waals surface area contributed by atoms with E-state index in [0.29, 0.717) is 0 Å². The molecule has 0 unspecified atom stereocenters. The van der Waals surface area contributed by atoms with Gasteiger partial charge in [0.05, 0.1) is 0 Å². The minimum absolute atomic E-state index is 5.52. The highest BCUT2D eigenvalue weighted by atomic mass is 19.5. The zero-order valence-electron chi connectivity index (χ0n) is 27.4. The normalized spacial score (nSPS) is 17.4. The van der Waals surface area contributed by atoms with Crippen LogP contribution in [0.1, 0.15) is 0 Å². The quantitative estimate of drug-likeness (QED) is 0.110. The van der Waals surface area contributed by atoms with E-state index < -0.39 is 130 Å². The zero-order chi connectivity index (χ0) is 54.2. The molecule has 0 fully saturated rings. The van der Waals surface area contributed by atoms with Crippen molar-refractivity contribution in [3.8, 4) is 0 Å². The van der Waals surface area contributed by atoms with Crippen molar-refractivity contribution in [2.24, 2.45) is 0 Å². The Kier molecular flexibility index (Phi) is 14.1. The first-order valence-corrected chi connectivity index (χ1v) is 13.4. The summed E-state index contributed by atoms with van der Waals surface area (Å²) in [5, 5.41) is 8.26. The molecule has 0 saturated carbocycles. The first-order chi connectivity index (χ1) is 27.2. The molecule has 0 amide bonds. The predicted octanol–water partition coefficient (Wildman–Crippen LogP) is 13.2. The van der Waals surface area contributed by atoms with E-state index in [1.54, 1.807) is 0 Å². The number of carbonyl (C=O) groups is 1. The molecule has 65 heavy (non-hydrogen) atoms. The van der Waals surface area contributed by atoms with Gasteiger partial charge in [-0.15, -0.1) is 0 Å². The fourth-order valence-electron chi connectivity index (χ4n) is 3.74. The summed E-state index contributed by atoms with van der Waals surface area (Å²) < 4.78 is 553. The van der Waals surface area contributed by atoms with Crippen LogP contribution in [0.2, 0.25) is 0 Å². The number of rotatable bonds is 18. The number of alkyl halides is 40. The average Bonchev–Trinajstić information content (AvgIpc) is 3.05. The van der Waals surface area contributed by atoms with Crippen molar-refractivity contribution in [2.75, 3.05) is 0 Å². The van der Waals surface area contributed by atoms with E-state index in [4.69, 9.17) is 5.11 Å². The first kappa shape index (κ1) is 61.3. The Morgan fingerprint density at radius 3 is 0.523 bits per heavy atom. The van der Waals surface area contributed by atoms with Crippen LogP contribution in [0.3, 0.4) is 0 Å². The van der Waals surface area contributed by atoms with Crippen molar-refractivity contribution in [2.45, 2.75) is 113 Å². The molecule has 0 atom stereocenters. The van der Waals surface area contributed by atoms with Crippen LogP contribution in [0.4, 0.5) is 180 Å². The molecule has 0 heterocycles. The minimum atomic E-state index is -10.4. The highest BCUT2D eigenvalue weighted by Gasteiger charge is 3.00. The maximum absolute atomic E-state index is 14.4. The van der Waals surface area contributed by atoms with Crippen molar-refractivity contribution in [3.63, 3.8) is 0 Å². The monoisotopic (exact) mass is 1080 g/mol. The number of halogens is 41. The SMILES string of the molecule is O=C(O)C(=C(F)C(F)(F)C(F)(F)C(F)(F)C(F)(F)C(F)(F)C(F)(F)C(F)(F)C(F)(F)F)C(F)(F)C(F)(F)C(F)(F)C(F)(F)C(F)(F)C(F)(F)C(F)(F)C(F)(F)C(F)(F)C(F)(F)C(F)(F)F. The number of carboxylic acid groups (broad SMARTS) is 1. The maximum Gasteiger partial charge on any atom is 0.460 e. The van der Waals surface area contributed by atoms with Crippen molar-refractivity contribution in [1.29, 1.82) is 0 Å². The van der Waals surface area contributed by atoms with Gasteiger partial charge in [0.2, 0.25) is 0 Å². The molecule has 0 aliphatic carbocycles. The number of aliphatic carboxylic acids is 1. The van der Waals surface area contributed by atoms with Gasteiger partial charge in [-0.1, -0.05) is 0 Å². The lowest BCUT2D eigenvalue weighted by Crippen LogP contribution is -2.77. The summed E-state index contributed by atoms with van der Waals surface area (Å²) in [6, 6.07) is 0. The van der Waals surface area contributed by atoms with Gasteiger partial charge in [-0.05, 0) is 0 Å². The third-order valence-electron chi connectivity index (χ3n) is 7.65. The Morgan fingerprint density at radius 2 is 0.369 bits per heavy atom. The van der Waals surface area contributed by atoms with Crippen LogP contribution in [-0.4, -0.2) is 124 Å². The third-order valence-corrected chi connectivity index (χ3v) is 7.65. The topological polar surface area (TPSA) is 37.3 Å². The number of carboxylic acids is 1. The highest BCUT2D eigenvalue weighted by Crippen LogP contribution is 2.69. The van der Waals surface area contributed by atoms with E-state index in [0.717, 1.165) is 0 Å². The summed E-state index contributed by atoms with van der Waals surface area (Å²) >= 11 is 0. The molecule has 1 N–H and O–H groups in total. The summed E-state index contributed by atoms with van der Waals surface area (Å²) in [6.45, 7) is 0. The van der Waals surface area contributed by atoms with Gasteiger partial charge < -0.3 is 5.11 Å². The molecule has 0 saturated heterocycles. The molecule has 0 aliphatic heterocycles. The molecule has 0 aromatic rings. The molecule has 0 aromatic carbocycles. The standard InChI is InChI=1S/C22HF41O2/c23-2(5(26,27)7(30,31)9(34,35)11(38,39)15(46,47)17(50,51)19(54,55)21(58,59)60)1(3(64)65)4(24,25)6(28,29)8(32,33)10(36,37)12(40,41)13(42,43)14(44,45)16(48,49)18(52,53)20(56,57)22(61,62)63/h(H,64,65). The first-order valence-electron chi connectivity index (χ1n) is 13.4. The van der Waals surface area contributed by atoms with E-state index >= 15 is 0 Å². The van der Waals surface area contributed by atoms with Gasteiger partial charge in [-0.25, -0.2) is 9.18 Å². The molecular formula is C22HF41O2. The molecule has 2 nitrogen and oxygen atoms in total. The summed E-state index contributed by atoms with van der Waals surface area (Å²) in [5.74, 6) is -179. The van der Waals surface area contributed by atoms with Crippen LogP contribution in [0, 0.1) is 0 Å². The fraction of sp³-hybridized carbons (Fsp3) is 0.864. The maximum atomic E-state index is 14.4. The Morgan fingerprint density at radius 1 is 0.231 bits per heavy atom. The van der Waals surface area contributed by atoms with Crippen LogP contribution < -0.4 is 0 Å². The van der Waals surface area contributed by atoms with E-state index in [1.807, 2.05) is 0 Å². The van der Waals surface area contributed by atoms with E-state index in [2.05, 4.69) is 0 Å². The lowest BCUT2D eigenvalue weighted by molar-refractivity contribution is -0.477. The van der Waals surface area contributed by atoms with Crippen LogP contribution in [-0.2, 0) is 4.79 Å². The molecule has 388 valence electrons. The second-order valence-corrected chi connectivity index (χ2v) is 11.8. The summed E-state index contributed by atoms with van der Waals surface area (Å²) in [6.07, 6.45) is -17.0. The smallest absolute Gasteiger partial charge is 0.460 e. The van der Waals surface area contributed by atoms with Gasteiger partial charge in [-0.2, -0.15) is 176 Å². The van der Waals surface area contributed by atoms with E-state index in [1.165, 1.54) is 0 Å². The van der Waals surface area contributed by atoms with Gasteiger partial charge in [0.1, 0.15) is 0 Å². The Hall–Kier alpha value is -3.66. The molecule has 0 aromatic heterocycles. The van der Waals surface area contributed by atoms with Gasteiger partial charge in [0.15, 0.2) is 11.4 Å². The van der Waals surface area contributed by atoms with Gasteiger partial charge in [0, 0.05) is 0 Å². The van der Waals surface area contributed by atoms with Gasteiger partial charge >= 0.3 is 119 Å². The average molecular weight is 1080 g/mol. The van der Waals surface area contributed by atoms with Gasteiger partial charge in [0.25, 0.3) is 0 Å². The third kappa shape index (κ3) is 7.16. The summed E-state index contributed by atoms with van der Waals surface area (Å²) in [7, 11) is 0. The summed E-state index contributed by atoms with van der Waals surface area (Å²) in [5.41, 5.74) is -6.40. The molecule has 0 bridgehead atoms. The van der Waals surface area contributed by atoms with Crippen molar-refractivity contribution in [3.05, 3.63) is 11.4 Å². The number of hydrogen-bond acceptors (Lipinski definition) is 1. The van der Waals surface area contributed by atoms with E-state index in [9.17, 15) is 185 Å². The van der Waals surface area contributed by atoms with Crippen LogP contribution in [0.5, 0.6) is 0 Å². The molecule has 0 aliphatic rings. The van der Waals surface area contributed by atoms with Crippen molar-refractivity contribution < 1.29 is 190 Å². The molecular weight excluding hydrogens is 1080 g/mol. The van der Waals surface area contributed by atoms with Crippen molar-refractivity contribution >= 4 is 5.97 Å². The minimum Gasteiger partial charge on any atom is -0.478 e. The second-order valence-electron chi connectivity index (χ2n) is 11.8. The van der Waals surface area contributed by atoms with E-state index in [-0.39, 0.29) is 0 Å². The molecule has 0 radical (unpaired) electrons. The number of hydrogen-bond donors (Lipinski definition) is 1. The van der Waals surface area contributed by atoms with Crippen LogP contribution in [0.15, 0.2) is 11.4 Å².